The smallest absolute Gasteiger partial charge is 0.221 e. The number of aliphatic hydroxyl groups is 1. The molecule has 5 N–H and O–H groups in total. The second kappa shape index (κ2) is 8.23. The minimum Gasteiger partial charge on any atom is -0.494 e. The van der Waals surface area contributed by atoms with Gasteiger partial charge < -0.3 is 21.4 Å². The van der Waals surface area contributed by atoms with Gasteiger partial charge >= 0.3 is 0 Å². The molecule has 0 aliphatic carbocycles. The van der Waals surface area contributed by atoms with Gasteiger partial charge in [-0.1, -0.05) is 12.1 Å². The van der Waals surface area contributed by atoms with Crippen molar-refractivity contribution >= 4 is 28.8 Å². The molecule has 3 aromatic rings. The van der Waals surface area contributed by atoms with E-state index >= 15 is 0 Å². The summed E-state index contributed by atoms with van der Waals surface area (Å²) < 4.78 is 7.02. The van der Waals surface area contributed by atoms with Crippen molar-refractivity contribution < 1.29 is 9.84 Å². The van der Waals surface area contributed by atoms with Crippen LogP contribution < -0.4 is 16.3 Å². The predicted octanol–water partition coefficient (Wildman–Crippen LogP) is 0.343. The first-order valence-corrected chi connectivity index (χ1v) is 8.17. The summed E-state index contributed by atoms with van der Waals surface area (Å²) in [6, 6.07) is 7.27. The number of hydrazone groups is 1. The van der Waals surface area contributed by atoms with Crippen molar-refractivity contribution in [2.75, 3.05) is 19.5 Å². The first-order chi connectivity index (χ1) is 13.2. The topological polar surface area (TPSA) is 150 Å². The third-order valence-corrected chi connectivity index (χ3v) is 3.89. The summed E-state index contributed by atoms with van der Waals surface area (Å²) in [6.07, 6.45) is 3.18. The van der Waals surface area contributed by atoms with Crippen LogP contribution in [0.2, 0.25) is 0 Å². The van der Waals surface area contributed by atoms with Gasteiger partial charge in [0.2, 0.25) is 5.95 Å². The van der Waals surface area contributed by atoms with Gasteiger partial charge in [0.1, 0.15) is 22.7 Å². The van der Waals surface area contributed by atoms with Crippen molar-refractivity contribution in [3.05, 3.63) is 41.9 Å². The highest BCUT2D eigenvalue weighted by Crippen LogP contribution is 2.26. The molecule has 3 rings (SSSR count). The van der Waals surface area contributed by atoms with E-state index in [1.165, 1.54) is 6.21 Å². The van der Waals surface area contributed by atoms with Crippen LogP contribution in [-0.4, -0.2) is 50.5 Å². The summed E-state index contributed by atoms with van der Waals surface area (Å²) in [7, 11) is 1.56. The van der Waals surface area contributed by atoms with Gasteiger partial charge in [-0.3, -0.25) is 9.67 Å². The van der Waals surface area contributed by atoms with Crippen molar-refractivity contribution in [1.82, 2.24) is 19.7 Å². The molecular formula is C17H20N8O2. The van der Waals surface area contributed by atoms with Crippen LogP contribution in [0.25, 0.3) is 10.9 Å². The molecule has 0 aliphatic heterocycles. The monoisotopic (exact) mass is 368 g/mol. The number of rotatable bonds is 7. The van der Waals surface area contributed by atoms with E-state index in [-0.39, 0.29) is 12.6 Å². The molecule has 10 nitrogen and oxygen atoms in total. The Hall–Kier alpha value is -3.53. The second-order valence-corrected chi connectivity index (χ2v) is 5.54. The van der Waals surface area contributed by atoms with Gasteiger partial charge in [-0.2, -0.15) is 10.2 Å². The Labute approximate surface area is 155 Å². The molecule has 2 aromatic heterocycles. The SMILES string of the molecule is COc1cccc2c(C(C=NCc3ccnn3CCO)=NN)nc(N)nc12. The second-order valence-electron chi connectivity index (χ2n) is 5.54. The number of aliphatic imine (C=N–C) groups is 1. The van der Waals surface area contributed by atoms with Crippen molar-refractivity contribution in [3.63, 3.8) is 0 Å². The molecule has 0 amide bonds. The maximum absolute atomic E-state index is 9.06. The molecule has 0 unspecified atom stereocenters. The zero-order valence-electron chi connectivity index (χ0n) is 14.8. The quantitative estimate of drug-likeness (QED) is 0.309. The number of anilines is 1. The minimum absolute atomic E-state index is 0.00192. The number of methoxy groups -OCH3 is 1. The van der Waals surface area contributed by atoms with Gasteiger partial charge in [0.15, 0.2) is 0 Å². The standard InChI is InChI=1S/C17H20N8O2/c1-27-14-4-2-3-12-15(22-17(18)23-16(12)14)13(24-19)10-20-9-11-5-6-21-25(11)7-8-26/h2-6,10,26H,7-9,19H2,1H3,(H2,18,22,23). The molecule has 0 fully saturated rings. The number of benzene rings is 1. The highest BCUT2D eigenvalue weighted by atomic mass is 16.5. The molecule has 0 saturated heterocycles. The van der Waals surface area contributed by atoms with E-state index in [9.17, 15) is 0 Å². The number of hydrogen-bond acceptors (Lipinski definition) is 9. The highest BCUT2D eigenvalue weighted by Gasteiger charge is 2.14. The van der Waals surface area contributed by atoms with Gasteiger partial charge in [-0.15, -0.1) is 0 Å². The fraction of sp³-hybridized carbons (Fsp3) is 0.235. The van der Waals surface area contributed by atoms with Crippen LogP contribution in [0.5, 0.6) is 5.75 Å². The zero-order valence-corrected chi connectivity index (χ0v) is 14.8. The zero-order chi connectivity index (χ0) is 19.2. The maximum atomic E-state index is 9.06. The first kappa shape index (κ1) is 18.3. The Morgan fingerprint density at radius 3 is 2.93 bits per heavy atom. The van der Waals surface area contributed by atoms with Crippen LogP contribution in [0, 0.1) is 0 Å². The van der Waals surface area contributed by atoms with E-state index in [0.717, 1.165) is 5.69 Å². The summed E-state index contributed by atoms with van der Waals surface area (Å²) >= 11 is 0. The molecular weight excluding hydrogens is 348 g/mol. The third kappa shape index (κ3) is 3.85. The number of nitrogen functional groups attached to an aromatic ring is 1. The minimum atomic E-state index is 0.00192. The summed E-state index contributed by atoms with van der Waals surface area (Å²) in [5, 5.41) is 17.7. The van der Waals surface area contributed by atoms with Crippen LogP contribution in [0.4, 0.5) is 5.95 Å². The average molecular weight is 368 g/mol. The number of ether oxygens (including phenoxy) is 1. The lowest BCUT2D eigenvalue weighted by Crippen LogP contribution is -2.13. The summed E-state index contributed by atoms with van der Waals surface area (Å²) in [6.45, 7) is 0.755. The molecule has 0 bridgehead atoms. The summed E-state index contributed by atoms with van der Waals surface area (Å²) in [4.78, 5) is 12.9. The Morgan fingerprint density at radius 1 is 1.33 bits per heavy atom. The van der Waals surface area contributed by atoms with Gasteiger partial charge in [0, 0.05) is 11.6 Å². The van der Waals surface area contributed by atoms with E-state index in [1.807, 2.05) is 18.2 Å². The number of nitrogens with zero attached hydrogens (tertiary/aromatic N) is 6. The Kier molecular flexibility index (Phi) is 5.57. The number of hydrogen-bond donors (Lipinski definition) is 3. The van der Waals surface area contributed by atoms with E-state index < -0.39 is 0 Å². The van der Waals surface area contributed by atoms with Crippen molar-refractivity contribution in [1.29, 1.82) is 0 Å². The number of nitrogens with two attached hydrogens (primary N) is 2. The van der Waals surface area contributed by atoms with Crippen LogP contribution in [0.1, 0.15) is 11.4 Å². The third-order valence-electron chi connectivity index (χ3n) is 3.89. The number of aliphatic hydroxyl groups excluding tert-OH is 1. The molecule has 0 aliphatic rings. The van der Waals surface area contributed by atoms with E-state index in [4.69, 9.17) is 21.4 Å². The van der Waals surface area contributed by atoms with Crippen molar-refractivity contribution in [2.45, 2.75) is 13.1 Å². The van der Waals surface area contributed by atoms with E-state index in [2.05, 4.69) is 25.2 Å². The van der Waals surface area contributed by atoms with Crippen molar-refractivity contribution in [3.8, 4) is 5.75 Å². The lowest BCUT2D eigenvalue weighted by molar-refractivity contribution is 0.267. The Balaban J connectivity index is 1.93. The van der Waals surface area contributed by atoms with Gasteiger partial charge in [-0.05, 0) is 12.1 Å². The fourth-order valence-electron chi connectivity index (χ4n) is 2.67. The van der Waals surface area contributed by atoms with Crippen LogP contribution in [0.3, 0.4) is 0 Å². The van der Waals surface area contributed by atoms with Crippen LogP contribution in [-0.2, 0) is 13.1 Å². The summed E-state index contributed by atoms with van der Waals surface area (Å²) in [5.41, 5.74) is 8.09. The predicted molar refractivity (Wildman–Crippen MR) is 103 cm³/mol. The Morgan fingerprint density at radius 2 is 2.19 bits per heavy atom. The number of para-hydroxylation sites is 1. The lowest BCUT2D eigenvalue weighted by Gasteiger charge is -2.09. The normalized spacial score (nSPS) is 12.1. The molecule has 140 valence electrons. The van der Waals surface area contributed by atoms with Gasteiger partial charge in [0.25, 0.3) is 0 Å². The molecule has 0 atom stereocenters. The molecule has 2 heterocycles. The van der Waals surface area contributed by atoms with Crippen LogP contribution >= 0.6 is 0 Å². The molecule has 0 radical (unpaired) electrons. The molecule has 10 heteroatoms. The first-order valence-electron chi connectivity index (χ1n) is 8.17. The van der Waals surface area contributed by atoms with Crippen LogP contribution in [0.15, 0.2) is 40.6 Å². The average Bonchev–Trinajstić information content (AvgIpc) is 3.11. The molecule has 1 aromatic carbocycles. The fourth-order valence-corrected chi connectivity index (χ4v) is 2.67. The summed E-state index contributed by atoms with van der Waals surface area (Å²) in [5.74, 6) is 6.22. The largest absolute Gasteiger partial charge is 0.494 e. The number of aromatic nitrogens is 4. The van der Waals surface area contributed by atoms with Gasteiger partial charge in [0.05, 0.1) is 38.7 Å². The lowest BCUT2D eigenvalue weighted by atomic mass is 10.1. The molecule has 0 saturated carbocycles. The maximum Gasteiger partial charge on any atom is 0.221 e. The number of fused-ring (bicyclic) bond motifs is 1. The van der Waals surface area contributed by atoms with E-state index in [0.29, 0.717) is 41.1 Å². The van der Waals surface area contributed by atoms with Crippen molar-refractivity contribution in [2.24, 2.45) is 15.9 Å². The van der Waals surface area contributed by atoms with Gasteiger partial charge in [-0.25, -0.2) is 9.97 Å². The molecule has 27 heavy (non-hydrogen) atoms. The Bertz CT molecular complexity index is 996. The molecule has 0 spiro atoms. The highest BCUT2D eigenvalue weighted by molar-refractivity contribution is 6.40. The van der Waals surface area contributed by atoms with E-state index in [1.54, 1.807) is 24.1 Å².